The molecule has 0 aromatic rings. The van der Waals surface area contributed by atoms with Gasteiger partial charge in [0, 0.05) is 7.11 Å². The molecule has 2 atom stereocenters. The Hall–Kier alpha value is -0.600. The van der Waals surface area contributed by atoms with E-state index in [1.54, 1.807) is 0 Å². The van der Waals surface area contributed by atoms with Crippen LogP contribution in [-0.4, -0.2) is 42.3 Å². The van der Waals surface area contributed by atoms with Crippen LogP contribution in [0.1, 0.15) is 0 Å². The van der Waals surface area contributed by atoms with Crippen molar-refractivity contribution in [2.45, 2.75) is 30.1 Å². The van der Waals surface area contributed by atoms with E-state index < -0.39 is 30.1 Å². The second kappa shape index (κ2) is 3.76. The average molecular weight is 246 g/mol. The lowest BCUT2D eigenvalue weighted by Gasteiger charge is -2.22. The summed E-state index contributed by atoms with van der Waals surface area (Å²) in [6.07, 6.45) is -8.37. The summed E-state index contributed by atoms with van der Waals surface area (Å²) in [5.74, 6) is -17.3. The van der Waals surface area contributed by atoms with E-state index in [9.17, 15) is 35.1 Å². The largest absolute Gasteiger partial charge is 0.400 e. The van der Waals surface area contributed by atoms with Crippen LogP contribution >= 0.6 is 0 Å². The minimum absolute atomic E-state index is 1.00. The van der Waals surface area contributed by atoms with Gasteiger partial charge in [-0.1, -0.05) is 0 Å². The van der Waals surface area contributed by atoms with Gasteiger partial charge in [0.05, 0.1) is 0 Å². The van der Waals surface area contributed by atoms with Crippen molar-refractivity contribution in [3.05, 3.63) is 0 Å². The van der Waals surface area contributed by atoms with E-state index in [1.165, 1.54) is 0 Å². The van der Waals surface area contributed by atoms with Crippen molar-refractivity contribution >= 4 is 0 Å². The molecule has 0 heterocycles. The van der Waals surface area contributed by atoms with Crippen molar-refractivity contribution in [3.63, 3.8) is 0 Å². The third-order valence-corrected chi connectivity index (χ3v) is 1.79. The fraction of sp³-hybridized carbons (Fsp3) is 1.00. The molecule has 2 unspecified atom stereocenters. The number of aliphatic hydroxyl groups excluding tert-OH is 1. The van der Waals surface area contributed by atoms with Gasteiger partial charge in [-0.3, -0.25) is 0 Å². The smallest absolute Gasteiger partial charge is 0.378 e. The fourth-order valence-corrected chi connectivity index (χ4v) is 0.936. The van der Waals surface area contributed by atoms with Gasteiger partial charge < -0.3 is 5.11 Å². The summed E-state index contributed by atoms with van der Waals surface area (Å²) in [5.41, 5.74) is 0. The van der Waals surface area contributed by atoms with E-state index >= 15 is 0 Å². The topological polar surface area (TPSA) is 20.2 Å². The predicted octanol–water partition coefficient (Wildman–Crippen LogP) is 2.19. The SMILES string of the molecule is CO.FC1C(F)C(F)(F)C(F)(F)C1(F)F. The zero-order chi connectivity index (χ0) is 12.7. The molecule has 0 aliphatic heterocycles. The van der Waals surface area contributed by atoms with E-state index in [1.807, 2.05) is 0 Å². The van der Waals surface area contributed by atoms with Gasteiger partial charge in [-0.25, -0.2) is 8.78 Å². The van der Waals surface area contributed by atoms with E-state index in [0.29, 0.717) is 0 Å². The highest BCUT2D eigenvalue weighted by molar-refractivity contribution is 5.14. The Balaban J connectivity index is 0.000000921. The van der Waals surface area contributed by atoms with Crippen molar-refractivity contribution in [2.24, 2.45) is 0 Å². The van der Waals surface area contributed by atoms with Crippen LogP contribution in [-0.2, 0) is 0 Å². The first-order valence-corrected chi connectivity index (χ1v) is 3.43. The van der Waals surface area contributed by atoms with Crippen LogP contribution in [0.2, 0.25) is 0 Å². The van der Waals surface area contributed by atoms with Crippen molar-refractivity contribution in [1.82, 2.24) is 0 Å². The highest BCUT2D eigenvalue weighted by Crippen LogP contribution is 2.58. The maximum absolute atomic E-state index is 12.0. The van der Waals surface area contributed by atoms with E-state index in [4.69, 9.17) is 5.11 Å². The molecule has 92 valence electrons. The molecule has 1 fully saturated rings. The summed E-state index contributed by atoms with van der Waals surface area (Å²) in [4.78, 5) is 0. The number of hydrogen-bond donors (Lipinski definition) is 1. The zero-order valence-electron chi connectivity index (χ0n) is 7.13. The van der Waals surface area contributed by atoms with Crippen molar-refractivity contribution in [2.75, 3.05) is 7.11 Å². The van der Waals surface area contributed by atoms with Crippen LogP contribution < -0.4 is 0 Å². The third-order valence-electron chi connectivity index (χ3n) is 1.79. The molecule has 1 aliphatic carbocycles. The molecule has 1 saturated carbocycles. The molecule has 0 aromatic heterocycles. The molecule has 0 radical (unpaired) electrons. The lowest BCUT2D eigenvalue weighted by atomic mass is 10.2. The quantitative estimate of drug-likeness (QED) is 0.649. The zero-order valence-corrected chi connectivity index (χ0v) is 7.13. The van der Waals surface area contributed by atoms with Gasteiger partial charge in [0.1, 0.15) is 0 Å². The fourth-order valence-electron chi connectivity index (χ4n) is 0.936. The maximum atomic E-state index is 12.0. The second-order valence-corrected chi connectivity index (χ2v) is 2.62. The Kier molecular flexibility index (Phi) is 3.61. The van der Waals surface area contributed by atoms with Gasteiger partial charge in [0.2, 0.25) is 12.3 Å². The molecule has 15 heavy (non-hydrogen) atoms. The maximum Gasteiger partial charge on any atom is 0.378 e. The van der Waals surface area contributed by atoms with E-state index in [-0.39, 0.29) is 0 Å². The molecule has 9 heteroatoms. The normalized spacial score (nSPS) is 35.6. The number of hydrogen-bond acceptors (Lipinski definition) is 1. The molecule has 0 saturated heterocycles. The minimum atomic E-state index is -5.99. The van der Waals surface area contributed by atoms with Gasteiger partial charge in [0.15, 0.2) is 0 Å². The molecule has 1 rings (SSSR count). The van der Waals surface area contributed by atoms with Gasteiger partial charge >= 0.3 is 17.8 Å². The number of halogens is 8. The Morgan fingerprint density at radius 1 is 0.733 bits per heavy atom. The first-order chi connectivity index (χ1) is 6.57. The molecule has 0 spiro atoms. The molecule has 1 N–H and O–H groups in total. The van der Waals surface area contributed by atoms with Crippen molar-refractivity contribution in [3.8, 4) is 0 Å². The Morgan fingerprint density at radius 2 is 0.933 bits per heavy atom. The lowest BCUT2D eigenvalue weighted by Crippen LogP contribution is -2.49. The van der Waals surface area contributed by atoms with Gasteiger partial charge in [-0.05, 0) is 0 Å². The summed E-state index contributed by atoms with van der Waals surface area (Å²) < 4.78 is 96.1. The van der Waals surface area contributed by atoms with Crippen molar-refractivity contribution < 1.29 is 40.2 Å². The van der Waals surface area contributed by atoms with Crippen LogP contribution in [0.3, 0.4) is 0 Å². The summed E-state index contributed by atoms with van der Waals surface area (Å²) in [6.45, 7) is 0. The molecule has 1 aliphatic rings. The average Bonchev–Trinajstić information content (AvgIpc) is 2.23. The number of alkyl halides is 8. The van der Waals surface area contributed by atoms with Crippen LogP contribution in [0.25, 0.3) is 0 Å². The standard InChI is InChI=1S/C5H2F8.CH4O/c6-1-2(7)4(10,11)5(12,13)3(1,8)9;1-2/h1-2H;2H,1H3. The second-order valence-electron chi connectivity index (χ2n) is 2.62. The first-order valence-electron chi connectivity index (χ1n) is 3.43. The number of rotatable bonds is 0. The third kappa shape index (κ3) is 1.56. The first kappa shape index (κ1) is 14.4. The molecular weight excluding hydrogens is 240 g/mol. The van der Waals surface area contributed by atoms with E-state index in [2.05, 4.69) is 0 Å². The highest BCUT2D eigenvalue weighted by Gasteiger charge is 2.86. The van der Waals surface area contributed by atoms with Crippen LogP contribution in [0.5, 0.6) is 0 Å². The highest BCUT2D eigenvalue weighted by atomic mass is 19.4. The molecule has 1 nitrogen and oxygen atoms in total. The molecule has 0 bridgehead atoms. The summed E-state index contributed by atoms with van der Waals surface area (Å²) in [6, 6.07) is 0. The summed E-state index contributed by atoms with van der Waals surface area (Å²) >= 11 is 0. The minimum Gasteiger partial charge on any atom is -0.400 e. The monoisotopic (exact) mass is 246 g/mol. The molecule has 0 amide bonds. The lowest BCUT2D eigenvalue weighted by molar-refractivity contribution is -0.281. The van der Waals surface area contributed by atoms with Crippen LogP contribution in [0.15, 0.2) is 0 Å². The van der Waals surface area contributed by atoms with Crippen LogP contribution in [0, 0.1) is 0 Å². The van der Waals surface area contributed by atoms with Gasteiger partial charge in [-0.15, -0.1) is 0 Å². The Bertz CT molecular complexity index is 205. The Labute approximate surface area is 78.7 Å². The number of aliphatic hydroxyl groups is 1. The summed E-state index contributed by atoms with van der Waals surface area (Å²) in [5, 5.41) is 7.00. The van der Waals surface area contributed by atoms with Gasteiger partial charge in [-0.2, -0.15) is 26.3 Å². The van der Waals surface area contributed by atoms with Crippen molar-refractivity contribution in [1.29, 1.82) is 0 Å². The van der Waals surface area contributed by atoms with Gasteiger partial charge in [0.25, 0.3) is 0 Å². The molecule has 0 aromatic carbocycles. The molecular formula is C6H6F8O. The Morgan fingerprint density at radius 3 is 1.00 bits per heavy atom. The predicted molar refractivity (Wildman–Crippen MR) is 32.8 cm³/mol. The summed E-state index contributed by atoms with van der Waals surface area (Å²) in [7, 11) is 1.00. The van der Waals surface area contributed by atoms with Crippen LogP contribution in [0.4, 0.5) is 35.1 Å². The van der Waals surface area contributed by atoms with E-state index in [0.717, 1.165) is 7.11 Å².